The molecule has 0 amide bonds. The Morgan fingerprint density at radius 2 is 1.81 bits per heavy atom. The van der Waals surface area contributed by atoms with Gasteiger partial charge in [0.15, 0.2) is 0 Å². The molecular weight excluding hydrogens is 198 g/mol. The molecule has 3 rings (SSSR count). The van der Waals surface area contributed by atoms with Gasteiger partial charge in [-0.3, -0.25) is 0 Å². The molecule has 2 fully saturated rings. The van der Waals surface area contributed by atoms with Crippen LogP contribution < -0.4 is 4.90 Å². The largest absolute Gasteiger partial charge is 0.340 e. The lowest BCUT2D eigenvalue weighted by atomic mass is 10.3. The number of fused-ring (bicyclic) bond motifs is 1. The van der Waals surface area contributed by atoms with E-state index in [1.807, 2.05) is 12.4 Å². The molecule has 1 aliphatic carbocycles. The molecule has 0 aromatic carbocycles. The summed E-state index contributed by atoms with van der Waals surface area (Å²) in [5, 5.41) is 0. The van der Waals surface area contributed by atoms with Crippen LogP contribution in [0.1, 0.15) is 18.9 Å². The van der Waals surface area contributed by atoms with Crippen LogP contribution in [0, 0.1) is 24.7 Å². The second-order valence-corrected chi connectivity index (χ2v) is 4.41. The lowest BCUT2D eigenvalue weighted by molar-refractivity contribution is 0.784. The Bertz CT molecular complexity index is 359. The molecule has 1 aromatic rings. The average Bonchev–Trinajstić information content (AvgIpc) is 2.99. The van der Waals surface area contributed by atoms with Gasteiger partial charge in [0.25, 0.3) is 0 Å². The van der Waals surface area contributed by atoms with Crippen LogP contribution in [0.25, 0.3) is 0 Å². The van der Waals surface area contributed by atoms with Crippen molar-refractivity contribution in [2.45, 2.75) is 19.8 Å². The number of hydrogen-bond acceptors (Lipinski definition) is 3. The normalized spacial score (nSPS) is 25.6. The van der Waals surface area contributed by atoms with Crippen molar-refractivity contribution < 1.29 is 0 Å². The maximum absolute atomic E-state index is 4.40. The number of nitrogens with zero attached hydrogens (tertiary/aromatic N) is 3. The van der Waals surface area contributed by atoms with Gasteiger partial charge < -0.3 is 4.90 Å². The SMILES string of the molecule is C#C.CCc1cnc(N2CC3CC3C2)nc1. The van der Waals surface area contributed by atoms with Gasteiger partial charge in [-0.1, -0.05) is 6.92 Å². The second kappa shape index (κ2) is 4.52. The van der Waals surface area contributed by atoms with Gasteiger partial charge in [-0.15, -0.1) is 12.8 Å². The zero-order valence-electron chi connectivity index (χ0n) is 9.63. The number of hydrogen-bond donors (Lipinski definition) is 0. The van der Waals surface area contributed by atoms with E-state index in [1.165, 1.54) is 25.1 Å². The summed E-state index contributed by atoms with van der Waals surface area (Å²) in [6.45, 7) is 4.48. The van der Waals surface area contributed by atoms with Crippen molar-refractivity contribution in [1.82, 2.24) is 9.97 Å². The fourth-order valence-electron chi connectivity index (χ4n) is 2.26. The van der Waals surface area contributed by atoms with E-state index in [0.29, 0.717) is 0 Å². The van der Waals surface area contributed by atoms with Crippen LogP contribution in [0.5, 0.6) is 0 Å². The van der Waals surface area contributed by atoms with E-state index in [2.05, 4.69) is 34.6 Å². The van der Waals surface area contributed by atoms with Crippen molar-refractivity contribution in [3.63, 3.8) is 0 Å². The Labute approximate surface area is 96.9 Å². The second-order valence-electron chi connectivity index (χ2n) is 4.41. The zero-order valence-corrected chi connectivity index (χ0v) is 9.63. The molecule has 0 radical (unpaired) electrons. The van der Waals surface area contributed by atoms with Gasteiger partial charge in [-0.05, 0) is 30.2 Å². The molecule has 1 aromatic heterocycles. The molecule has 0 bridgehead atoms. The Balaban J connectivity index is 0.000000457. The third kappa shape index (κ3) is 2.01. The fraction of sp³-hybridized carbons (Fsp3) is 0.538. The number of anilines is 1. The maximum atomic E-state index is 4.40. The average molecular weight is 215 g/mol. The van der Waals surface area contributed by atoms with Gasteiger partial charge >= 0.3 is 0 Å². The molecule has 3 nitrogen and oxygen atoms in total. The molecule has 2 heterocycles. The quantitative estimate of drug-likeness (QED) is 0.704. The third-order valence-corrected chi connectivity index (χ3v) is 3.36. The molecule has 2 atom stereocenters. The maximum Gasteiger partial charge on any atom is 0.225 e. The first-order chi connectivity index (χ1) is 7.86. The van der Waals surface area contributed by atoms with E-state index >= 15 is 0 Å². The van der Waals surface area contributed by atoms with Gasteiger partial charge in [-0.2, -0.15) is 0 Å². The van der Waals surface area contributed by atoms with E-state index in [-0.39, 0.29) is 0 Å². The van der Waals surface area contributed by atoms with Crippen LogP contribution in [-0.2, 0) is 6.42 Å². The van der Waals surface area contributed by atoms with Crippen LogP contribution in [0.2, 0.25) is 0 Å². The van der Waals surface area contributed by atoms with Crippen LogP contribution in [-0.4, -0.2) is 23.1 Å². The Hall–Kier alpha value is -1.56. The van der Waals surface area contributed by atoms with E-state index < -0.39 is 0 Å². The lowest BCUT2D eigenvalue weighted by Gasteiger charge is -2.17. The minimum Gasteiger partial charge on any atom is -0.340 e. The van der Waals surface area contributed by atoms with Crippen molar-refractivity contribution in [2.75, 3.05) is 18.0 Å². The van der Waals surface area contributed by atoms with Gasteiger partial charge in [0.2, 0.25) is 5.95 Å². The summed E-state index contributed by atoms with van der Waals surface area (Å²) >= 11 is 0. The van der Waals surface area contributed by atoms with E-state index in [0.717, 1.165) is 24.2 Å². The van der Waals surface area contributed by atoms with E-state index in [4.69, 9.17) is 0 Å². The number of rotatable bonds is 2. The Kier molecular flexibility index (Phi) is 3.09. The number of aromatic nitrogens is 2. The van der Waals surface area contributed by atoms with Crippen LogP contribution >= 0.6 is 0 Å². The monoisotopic (exact) mass is 215 g/mol. The summed E-state index contributed by atoms with van der Waals surface area (Å²) in [6.07, 6.45) is 14.4. The van der Waals surface area contributed by atoms with Gasteiger partial charge in [0, 0.05) is 25.5 Å². The molecule has 2 aliphatic rings. The molecule has 2 unspecified atom stereocenters. The molecule has 3 heteroatoms. The third-order valence-electron chi connectivity index (χ3n) is 3.36. The molecule has 1 aliphatic heterocycles. The van der Waals surface area contributed by atoms with Crippen LogP contribution in [0.3, 0.4) is 0 Å². The summed E-state index contributed by atoms with van der Waals surface area (Å²) in [6, 6.07) is 0. The standard InChI is InChI=1S/C11H15N3.C2H2/c1-2-8-4-12-11(13-5-8)14-6-9-3-10(9)7-14;1-2/h4-5,9-10H,2-3,6-7H2,1H3;1-2H. The van der Waals surface area contributed by atoms with Crippen molar-refractivity contribution in [2.24, 2.45) is 11.8 Å². The topological polar surface area (TPSA) is 29.0 Å². The molecule has 0 spiro atoms. The first-order valence-electron chi connectivity index (χ1n) is 5.76. The smallest absolute Gasteiger partial charge is 0.225 e. The predicted octanol–water partition coefficient (Wildman–Crippen LogP) is 1.74. The van der Waals surface area contributed by atoms with E-state index in [1.54, 1.807) is 0 Å². The highest BCUT2D eigenvalue weighted by atomic mass is 15.3. The van der Waals surface area contributed by atoms with Crippen molar-refractivity contribution in [1.29, 1.82) is 0 Å². The number of terminal acetylenes is 1. The summed E-state index contributed by atoms with van der Waals surface area (Å²) in [4.78, 5) is 11.1. The first-order valence-corrected chi connectivity index (χ1v) is 5.76. The predicted molar refractivity (Wildman–Crippen MR) is 65.1 cm³/mol. The molecule has 84 valence electrons. The minimum absolute atomic E-state index is 0.925. The fourth-order valence-corrected chi connectivity index (χ4v) is 2.26. The highest BCUT2D eigenvalue weighted by Gasteiger charge is 2.45. The Morgan fingerprint density at radius 1 is 1.25 bits per heavy atom. The summed E-state index contributed by atoms with van der Waals surface area (Å²) < 4.78 is 0. The summed E-state index contributed by atoms with van der Waals surface area (Å²) in [5.41, 5.74) is 1.22. The number of piperidine rings is 1. The molecule has 0 N–H and O–H groups in total. The number of aryl methyl sites for hydroxylation is 1. The molecule has 1 saturated carbocycles. The summed E-state index contributed by atoms with van der Waals surface area (Å²) in [5.74, 6) is 2.82. The van der Waals surface area contributed by atoms with Gasteiger partial charge in [0.05, 0.1) is 0 Å². The van der Waals surface area contributed by atoms with Crippen LogP contribution in [0.4, 0.5) is 5.95 Å². The lowest BCUT2D eigenvalue weighted by Crippen LogP contribution is -2.23. The highest BCUT2D eigenvalue weighted by molar-refractivity contribution is 5.34. The Morgan fingerprint density at radius 3 is 2.31 bits per heavy atom. The summed E-state index contributed by atoms with van der Waals surface area (Å²) in [7, 11) is 0. The first kappa shape index (κ1) is 10.9. The molecule has 1 saturated heterocycles. The van der Waals surface area contributed by atoms with Crippen LogP contribution in [0.15, 0.2) is 12.4 Å². The molecular formula is C13H17N3. The van der Waals surface area contributed by atoms with Gasteiger partial charge in [-0.25, -0.2) is 9.97 Å². The van der Waals surface area contributed by atoms with E-state index in [9.17, 15) is 0 Å². The van der Waals surface area contributed by atoms with Crippen molar-refractivity contribution in [3.8, 4) is 12.8 Å². The highest BCUT2D eigenvalue weighted by Crippen LogP contribution is 2.45. The van der Waals surface area contributed by atoms with Crippen molar-refractivity contribution in [3.05, 3.63) is 18.0 Å². The van der Waals surface area contributed by atoms with Crippen molar-refractivity contribution >= 4 is 5.95 Å². The zero-order chi connectivity index (χ0) is 11.5. The molecule has 16 heavy (non-hydrogen) atoms. The minimum atomic E-state index is 0.925. The van der Waals surface area contributed by atoms with Gasteiger partial charge in [0.1, 0.15) is 0 Å².